The van der Waals surface area contributed by atoms with Crippen LogP contribution in [0.25, 0.3) is 22.2 Å². The van der Waals surface area contributed by atoms with E-state index in [4.69, 9.17) is 10.2 Å². The summed E-state index contributed by atoms with van der Waals surface area (Å²) in [6, 6.07) is 11.4. The van der Waals surface area contributed by atoms with Gasteiger partial charge < -0.3 is 15.5 Å². The van der Waals surface area contributed by atoms with Crippen LogP contribution in [0.3, 0.4) is 0 Å². The van der Waals surface area contributed by atoms with Gasteiger partial charge in [-0.15, -0.1) is 0 Å². The third-order valence-corrected chi connectivity index (χ3v) is 5.13. The number of nitrogens with one attached hydrogen (secondary N) is 1. The van der Waals surface area contributed by atoms with Crippen molar-refractivity contribution in [1.29, 1.82) is 0 Å². The molecule has 8 nitrogen and oxygen atoms in total. The summed E-state index contributed by atoms with van der Waals surface area (Å²) in [5.74, 6) is -1.55. The van der Waals surface area contributed by atoms with Crippen molar-refractivity contribution in [3.63, 3.8) is 0 Å². The molecule has 0 spiro atoms. The highest BCUT2D eigenvalue weighted by Gasteiger charge is 2.30. The zero-order valence-electron chi connectivity index (χ0n) is 18.6. The van der Waals surface area contributed by atoms with Crippen LogP contribution in [0.2, 0.25) is 0 Å². The Kier molecular flexibility index (Phi) is 5.95. The number of benzene rings is 2. The number of halogens is 1. The summed E-state index contributed by atoms with van der Waals surface area (Å²) < 4.78 is 21.1. The third kappa shape index (κ3) is 4.34. The monoisotopic (exact) mass is 449 g/mol. The van der Waals surface area contributed by atoms with E-state index in [1.165, 1.54) is 16.8 Å². The van der Waals surface area contributed by atoms with Crippen molar-refractivity contribution in [1.82, 2.24) is 14.8 Å². The molecule has 0 aliphatic heterocycles. The molecule has 1 fully saturated rings. The third-order valence-electron chi connectivity index (χ3n) is 5.13. The SMILES string of the molecule is CC.Cc1ccc(Nc2nc(=O)oc3c(-c4cccc(N)c4)nn(C4CC4)c(=O)c23)c(F)c1. The van der Waals surface area contributed by atoms with Crippen molar-refractivity contribution >= 4 is 28.2 Å². The molecule has 2 aromatic heterocycles. The van der Waals surface area contributed by atoms with Crippen LogP contribution in [0.1, 0.15) is 38.3 Å². The van der Waals surface area contributed by atoms with Crippen LogP contribution >= 0.6 is 0 Å². The molecule has 4 aromatic rings. The number of fused-ring (bicyclic) bond motifs is 1. The van der Waals surface area contributed by atoms with Crippen molar-refractivity contribution in [2.45, 2.75) is 39.7 Å². The molecular weight excluding hydrogens is 425 g/mol. The zero-order chi connectivity index (χ0) is 23.7. The summed E-state index contributed by atoms with van der Waals surface area (Å²) in [6.07, 6.45) is 1.63. The maximum atomic E-state index is 14.4. The van der Waals surface area contributed by atoms with Crippen LogP contribution in [-0.4, -0.2) is 14.8 Å². The Morgan fingerprint density at radius 2 is 1.91 bits per heavy atom. The number of rotatable bonds is 4. The molecular formula is C24H24FN5O3. The number of hydrogen-bond acceptors (Lipinski definition) is 7. The summed E-state index contributed by atoms with van der Waals surface area (Å²) in [7, 11) is 0. The molecule has 1 aliphatic rings. The van der Waals surface area contributed by atoms with E-state index in [-0.39, 0.29) is 28.5 Å². The van der Waals surface area contributed by atoms with Crippen LogP contribution < -0.4 is 22.4 Å². The summed E-state index contributed by atoms with van der Waals surface area (Å²) >= 11 is 0. The average molecular weight is 449 g/mol. The average Bonchev–Trinajstić information content (AvgIpc) is 3.62. The van der Waals surface area contributed by atoms with Gasteiger partial charge in [0.25, 0.3) is 5.56 Å². The summed E-state index contributed by atoms with van der Waals surface area (Å²) in [4.78, 5) is 29.3. The van der Waals surface area contributed by atoms with E-state index < -0.39 is 17.1 Å². The lowest BCUT2D eigenvalue weighted by Gasteiger charge is -2.13. The minimum Gasteiger partial charge on any atom is -0.405 e. The number of aryl methyl sites for hydroxylation is 1. The fraction of sp³-hybridized carbons (Fsp3) is 0.250. The molecule has 3 N–H and O–H groups in total. The minimum absolute atomic E-state index is 0.0254. The van der Waals surface area contributed by atoms with Gasteiger partial charge in [-0.25, -0.2) is 13.9 Å². The van der Waals surface area contributed by atoms with Crippen LogP contribution in [0, 0.1) is 12.7 Å². The molecule has 9 heteroatoms. The second kappa shape index (κ2) is 8.85. The highest BCUT2D eigenvalue weighted by molar-refractivity contribution is 5.96. The number of anilines is 3. The van der Waals surface area contributed by atoms with Gasteiger partial charge in [-0.3, -0.25) is 4.79 Å². The van der Waals surface area contributed by atoms with Crippen molar-refractivity contribution in [2.75, 3.05) is 11.1 Å². The molecule has 33 heavy (non-hydrogen) atoms. The van der Waals surface area contributed by atoms with Gasteiger partial charge in [-0.05, 0) is 49.6 Å². The van der Waals surface area contributed by atoms with Crippen LogP contribution in [-0.2, 0) is 0 Å². The van der Waals surface area contributed by atoms with Crippen molar-refractivity contribution in [3.05, 3.63) is 74.7 Å². The van der Waals surface area contributed by atoms with Crippen molar-refractivity contribution in [3.8, 4) is 11.3 Å². The molecule has 2 heterocycles. The first-order valence-electron chi connectivity index (χ1n) is 10.8. The molecule has 2 aromatic carbocycles. The van der Waals surface area contributed by atoms with E-state index in [1.54, 1.807) is 37.3 Å². The maximum Gasteiger partial charge on any atom is 0.441 e. The Balaban J connectivity index is 0.00000126. The van der Waals surface area contributed by atoms with Gasteiger partial charge in [0.05, 0.1) is 11.7 Å². The Morgan fingerprint density at radius 1 is 1.15 bits per heavy atom. The lowest BCUT2D eigenvalue weighted by molar-refractivity contribution is 0.523. The van der Waals surface area contributed by atoms with Crippen LogP contribution in [0.5, 0.6) is 0 Å². The summed E-state index contributed by atoms with van der Waals surface area (Å²) in [6.45, 7) is 5.76. The fourth-order valence-corrected chi connectivity index (χ4v) is 3.48. The number of aromatic nitrogens is 3. The van der Waals surface area contributed by atoms with Crippen LogP contribution in [0.15, 0.2) is 56.5 Å². The van der Waals surface area contributed by atoms with E-state index in [0.717, 1.165) is 18.4 Å². The molecule has 5 rings (SSSR count). The molecule has 0 saturated heterocycles. The number of hydrogen-bond donors (Lipinski definition) is 2. The smallest absolute Gasteiger partial charge is 0.405 e. The van der Waals surface area contributed by atoms with Gasteiger partial charge in [0.1, 0.15) is 16.9 Å². The van der Waals surface area contributed by atoms with E-state index >= 15 is 0 Å². The predicted octanol–water partition coefficient (Wildman–Crippen LogP) is 4.55. The minimum atomic E-state index is -0.932. The largest absolute Gasteiger partial charge is 0.441 e. The summed E-state index contributed by atoms with van der Waals surface area (Å²) in [5, 5.41) is 7.29. The van der Waals surface area contributed by atoms with Crippen molar-refractivity contribution in [2.24, 2.45) is 0 Å². The Morgan fingerprint density at radius 3 is 2.58 bits per heavy atom. The number of nitrogen functional groups attached to an aromatic ring is 1. The molecule has 1 aliphatic carbocycles. The number of nitrogens with zero attached hydrogens (tertiary/aromatic N) is 3. The second-order valence-electron chi connectivity index (χ2n) is 7.60. The topological polar surface area (TPSA) is 116 Å². The van der Waals surface area contributed by atoms with Crippen molar-refractivity contribution < 1.29 is 8.81 Å². The molecule has 0 unspecified atom stereocenters. The van der Waals surface area contributed by atoms with Gasteiger partial charge in [0.15, 0.2) is 11.4 Å². The van der Waals surface area contributed by atoms with Gasteiger partial charge in [0.2, 0.25) is 0 Å². The first-order chi connectivity index (χ1) is 15.9. The van der Waals surface area contributed by atoms with E-state index in [9.17, 15) is 14.0 Å². The lowest BCUT2D eigenvalue weighted by Crippen LogP contribution is -2.25. The quantitative estimate of drug-likeness (QED) is 0.439. The second-order valence-corrected chi connectivity index (χ2v) is 7.60. The molecule has 170 valence electrons. The normalized spacial score (nSPS) is 12.8. The highest BCUT2D eigenvalue weighted by Crippen LogP contribution is 2.36. The molecule has 0 amide bonds. The molecule has 0 radical (unpaired) electrons. The van der Waals surface area contributed by atoms with E-state index in [0.29, 0.717) is 16.9 Å². The Labute approximate surface area is 188 Å². The van der Waals surface area contributed by atoms with E-state index in [1.807, 2.05) is 13.8 Å². The zero-order valence-corrected chi connectivity index (χ0v) is 18.6. The van der Waals surface area contributed by atoms with Crippen LogP contribution in [0.4, 0.5) is 21.6 Å². The van der Waals surface area contributed by atoms with E-state index in [2.05, 4.69) is 15.4 Å². The number of nitrogens with two attached hydrogens (primary N) is 1. The van der Waals surface area contributed by atoms with Gasteiger partial charge in [0, 0.05) is 11.3 Å². The summed E-state index contributed by atoms with van der Waals surface area (Å²) in [5.41, 5.74) is 7.62. The molecule has 1 saturated carbocycles. The first-order valence-corrected chi connectivity index (χ1v) is 10.8. The van der Waals surface area contributed by atoms with Gasteiger partial charge in [-0.1, -0.05) is 32.0 Å². The fourth-order valence-electron chi connectivity index (χ4n) is 3.48. The van der Waals surface area contributed by atoms with Gasteiger partial charge in [-0.2, -0.15) is 10.1 Å². The standard InChI is InChI=1S/C22H18FN5O3.C2H6/c1-11-5-8-16(15(23)9-11)25-20-17-19(31-22(30)26-20)18(12-3-2-4-13(24)10-12)27-28(21(17)29)14-6-7-14;1-2/h2-5,8-10,14H,6-7,24H2,1H3,(H,25,26,30);1-2H3. The Bertz CT molecular complexity index is 1460. The molecule has 0 bridgehead atoms. The lowest BCUT2D eigenvalue weighted by atomic mass is 10.1. The van der Waals surface area contributed by atoms with Gasteiger partial charge >= 0.3 is 5.76 Å². The Hall–Kier alpha value is -4.01. The maximum absolute atomic E-state index is 14.4. The highest BCUT2D eigenvalue weighted by atomic mass is 19.1. The molecule has 0 atom stereocenters. The predicted molar refractivity (Wildman–Crippen MR) is 126 cm³/mol. The first kappa shape index (κ1) is 22.2.